The van der Waals surface area contributed by atoms with E-state index in [1.165, 1.54) is 21.9 Å². The summed E-state index contributed by atoms with van der Waals surface area (Å²) in [7, 11) is 0. The smallest absolute Gasteiger partial charge is 0.338 e. The monoisotopic (exact) mass is 394 g/mol. The third-order valence-electron chi connectivity index (χ3n) is 4.37. The van der Waals surface area contributed by atoms with Gasteiger partial charge in [0.2, 0.25) is 4.96 Å². The molecule has 3 heterocycles. The maximum atomic E-state index is 12.3. The first-order valence-corrected chi connectivity index (χ1v) is 9.53. The van der Waals surface area contributed by atoms with E-state index in [0.29, 0.717) is 21.2 Å². The first-order chi connectivity index (χ1) is 13.4. The SMILES string of the molecule is Cc1cc(=O)n2nc(COC(=O)c3ccc(-n4c(C)ccc4C)cc3)sc2n1. The third kappa shape index (κ3) is 3.34. The van der Waals surface area contributed by atoms with Crippen LogP contribution < -0.4 is 5.56 Å². The number of hydrogen-bond donors (Lipinski definition) is 0. The lowest BCUT2D eigenvalue weighted by Crippen LogP contribution is -2.14. The fourth-order valence-corrected chi connectivity index (χ4v) is 3.91. The van der Waals surface area contributed by atoms with Gasteiger partial charge < -0.3 is 9.30 Å². The second-order valence-corrected chi connectivity index (χ2v) is 7.54. The van der Waals surface area contributed by atoms with Crippen molar-refractivity contribution < 1.29 is 9.53 Å². The number of aromatic nitrogens is 4. The zero-order valence-electron chi connectivity index (χ0n) is 15.7. The molecule has 8 heteroatoms. The number of carbonyl (C=O) groups excluding carboxylic acids is 1. The number of nitrogens with zero attached hydrogens (tertiary/aromatic N) is 4. The van der Waals surface area contributed by atoms with Crippen molar-refractivity contribution >= 4 is 22.3 Å². The number of rotatable bonds is 4. The number of carbonyl (C=O) groups is 1. The Balaban J connectivity index is 1.48. The number of benzene rings is 1. The van der Waals surface area contributed by atoms with Crippen molar-refractivity contribution in [2.75, 3.05) is 0 Å². The molecule has 0 radical (unpaired) electrons. The number of ether oxygens (including phenoxy) is 1. The van der Waals surface area contributed by atoms with Crippen molar-refractivity contribution in [2.45, 2.75) is 27.4 Å². The minimum atomic E-state index is -0.441. The van der Waals surface area contributed by atoms with Gasteiger partial charge in [-0.2, -0.15) is 9.61 Å². The molecule has 0 saturated heterocycles. The van der Waals surface area contributed by atoms with Gasteiger partial charge in [0.15, 0.2) is 5.01 Å². The summed E-state index contributed by atoms with van der Waals surface area (Å²) in [5.74, 6) is -0.441. The summed E-state index contributed by atoms with van der Waals surface area (Å²) in [6.45, 7) is 5.81. The van der Waals surface area contributed by atoms with Crippen LogP contribution in [0.3, 0.4) is 0 Å². The summed E-state index contributed by atoms with van der Waals surface area (Å²) in [6, 6.07) is 12.8. The Morgan fingerprint density at radius 1 is 1.07 bits per heavy atom. The normalized spacial score (nSPS) is 11.1. The standard InChI is InChI=1S/C20H18N4O3S/c1-12-10-18(25)24-20(21-12)28-17(22-24)11-27-19(26)15-6-8-16(9-7-15)23-13(2)4-5-14(23)3/h4-10H,11H2,1-3H3. The Morgan fingerprint density at radius 3 is 2.43 bits per heavy atom. The van der Waals surface area contributed by atoms with E-state index >= 15 is 0 Å². The molecule has 0 N–H and O–H groups in total. The number of esters is 1. The molecule has 142 valence electrons. The van der Waals surface area contributed by atoms with Crippen LogP contribution in [-0.2, 0) is 11.3 Å². The Labute approximate surface area is 164 Å². The molecule has 0 bridgehead atoms. The van der Waals surface area contributed by atoms with E-state index in [9.17, 15) is 9.59 Å². The molecule has 0 aliphatic rings. The molecule has 7 nitrogen and oxygen atoms in total. The van der Waals surface area contributed by atoms with E-state index in [-0.39, 0.29) is 12.2 Å². The molecule has 0 saturated carbocycles. The summed E-state index contributed by atoms with van der Waals surface area (Å²) in [5, 5.41) is 4.68. The predicted molar refractivity (Wildman–Crippen MR) is 106 cm³/mol. The predicted octanol–water partition coefficient (Wildman–Crippen LogP) is 3.22. The maximum Gasteiger partial charge on any atom is 0.338 e. The van der Waals surface area contributed by atoms with Crippen LogP contribution in [0.5, 0.6) is 0 Å². The molecular formula is C20H18N4O3S. The van der Waals surface area contributed by atoms with Crippen LogP contribution in [0.1, 0.15) is 32.4 Å². The first-order valence-electron chi connectivity index (χ1n) is 8.71. The first kappa shape index (κ1) is 18.1. The highest BCUT2D eigenvalue weighted by Gasteiger charge is 2.12. The van der Waals surface area contributed by atoms with E-state index in [2.05, 4.69) is 26.8 Å². The zero-order chi connectivity index (χ0) is 19.8. The van der Waals surface area contributed by atoms with Crippen molar-refractivity contribution in [1.82, 2.24) is 19.2 Å². The molecule has 4 aromatic rings. The van der Waals surface area contributed by atoms with E-state index in [4.69, 9.17) is 4.74 Å². The Hall–Kier alpha value is -3.26. The Bertz CT molecular complexity index is 1220. The molecule has 1 aromatic carbocycles. The van der Waals surface area contributed by atoms with Gasteiger partial charge >= 0.3 is 5.97 Å². The van der Waals surface area contributed by atoms with Crippen LogP contribution in [0.15, 0.2) is 47.3 Å². The summed E-state index contributed by atoms with van der Waals surface area (Å²) < 4.78 is 8.68. The van der Waals surface area contributed by atoms with Crippen molar-refractivity contribution in [3.05, 3.63) is 80.5 Å². The fourth-order valence-electron chi connectivity index (χ4n) is 3.05. The lowest BCUT2D eigenvalue weighted by atomic mass is 10.2. The molecular weight excluding hydrogens is 376 g/mol. The average molecular weight is 394 g/mol. The topological polar surface area (TPSA) is 78.5 Å². The van der Waals surface area contributed by atoms with E-state index in [0.717, 1.165) is 17.1 Å². The molecule has 3 aromatic heterocycles. The van der Waals surface area contributed by atoms with Crippen LogP contribution in [0.25, 0.3) is 10.6 Å². The van der Waals surface area contributed by atoms with Crippen LogP contribution in [0.4, 0.5) is 0 Å². The van der Waals surface area contributed by atoms with Gasteiger partial charge in [-0.1, -0.05) is 11.3 Å². The zero-order valence-corrected chi connectivity index (χ0v) is 16.5. The van der Waals surface area contributed by atoms with Crippen LogP contribution in [-0.4, -0.2) is 25.1 Å². The molecule has 0 atom stereocenters. The maximum absolute atomic E-state index is 12.3. The molecule has 0 fully saturated rings. The molecule has 28 heavy (non-hydrogen) atoms. The molecule has 4 rings (SSSR count). The second-order valence-electron chi connectivity index (χ2n) is 6.50. The van der Waals surface area contributed by atoms with Crippen molar-refractivity contribution in [2.24, 2.45) is 0 Å². The van der Waals surface area contributed by atoms with Crippen LogP contribution >= 0.6 is 11.3 Å². The highest BCUT2D eigenvalue weighted by molar-refractivity contribution is 7.16. The van der Waals surface area contributed by atoms with Crippen molar-refractivity contribution in [3.63, 3.8) is 0 Å². The fraction of sp³-hybridized carbons (Fsp3) is 0.200. The Morgan fingerprint density at radius 2 is 1.75 bits per heavy atom. The van der Waals surface area contributed by atoms with Crippen molar-refractivity contribution in [1.29, 1.82) is 0 Å². The number of aryl methyl sites for hydroxylation is 3. The summed E-state index contributed by atoms with van der Waals surface area (Å²) in [5.41, 5.74) is 4.08. The number of hydrogen-bond acceptors (Lipinski definition) is 6. The summed E-state index contributed by atoms with van der Waals surface area (Å²) in [6.07, 6.45) is 0. The largest absolute Gasteiger partial charge is 0.455 e. The lowest BCUT2D eigenvalue weighted by molar-refractivity contribution is 0.0471. The summed E-state index contributed by atoms with van der Waals surface area (Å²) >= 11 is 1.23. The molecule has 0 aliphatic heterocycles. The molecule has 0 unspecified atom stereocenters. The minimum Gasteiger partial charge on any atom is -0.455 e. The quantitative estimate of drug-likeness (QED) is 0.497. The van der Waals surface area contributed by atoms with E-state index in [1.54, 1.807) is 19.1 Å². The van der Waals surface area contributed by atoms with Gasteiger partial charge in [0, 0.05) is 28.8 Å². The second kappa shape index (κ2) is 7.05. The van der Waals surface area contributed by atoms with Gasteiger partial charge in [-0.15, -0.1) is 0 Å². The number of fused-ring (bicyclic) bond motifs is 1. The highest BCUT2D eigenvalue weighted by atomic mass is 32.1. The van der Waals surface area contributed by atoms with Gasteiger partial charge in [0.25, 0.3) is 5.56 Å². The minimum absolute atomic E-state index is 0.0110. The van der Waals surface area contributed by atoms with Gasteiger partial charge in [-0.3, -0.25) is 4.79 Å². The molecule has 0 aliphatic carbocycles. The van der Waals surface area contributed by atoms with Crippen LogP contribution in [0, 0.1) is 20.8 Å². The van der Waals surface area contributed by atoms with E-state index < -0.39 is 5.97 Å². The van der Waals surface area contributed by atoms with Gasteiger partial charge in [0.05, 0.1) is 5.56 Å². The van der Waals surface area contributed by atoms with Crippen LogP contribution in [0.2, 0.25) is 0 Å². The van der Waals surface area contributed by atoms with Gasteiger partial charge in [-0.05, 0) is 57.2 Å². The Kier molecular flexibility index (Phi) is 4.56. The van der Waals surface area contributed by atoms with Gasteiger partial charge in [-0.25, -0.2) is 9.78 Å². The molecule has 0 spiro atoms. The lowest BCUT2D eigenvalue weighted by Gasteiger charge is -2.10. The average Bonchev–Trinajstić information content (AvgIpc) is 3.23. The van der Waals surface area contributed by atoms with Gasteiger partial charge in [0.1, 0.15) is 6.61 Å². The third-order valence-corrected chi connectivity index (χ3v) is 5.26. The highest BCUT2D eigenvalue weighted by Crippen LogP contribution is 2.18. The van der Waals surface area contributed by atoms with Crippen molar-refractivity contribution in [3.8, 4) is 5.69 Å². The summed E-state index contributed by atoms with van der Waals surface area (Å²) in [4.78, 5) is 29.0. The van der Waals surface area contributed by atoms with E-state index in [1.807, 2.05) is 26.0 Å². The molecule has 0 amide bonds.